The lowest BCUT2D eigenvalue weighted by Gasteiger charge is -2.37. The summed E-state index contributed by atoms with van der Waals surface area (Å²) in [6.07, 6.45) is 1.54. The molecule has 3 aromatic rings. The van der Waals surface area contributed by atoms with Gasteiger partial charge in [-0.25, -0.2) is 9.97 Å². The first kappa shape index (κ1) is 21.4. The van der Waals surface area contributed by atoms with E-state index >= 15 is 0 Å². The van der Waals surface area contributed by atoms with E-state index in [9.17, 15) is 23.1 Å². The first-order chi connectivity index (χ1) is 15.8. The van der Waals surface area contributed by atoms with Crippen molar-refractivity contribution < 1.29 is 27.8 Å². The van der Waals surface area contributed by atoms with Gasteiger partial charge in [0.25, 0.3) is 0 Å². The molecule has 1 amide bonds. The number of pyridine rings is 1. The molecular formula is C21H21F3N6O3. The van der Waals surface area contributed by atoms with Gasteiger partial charge in [0.1, 0.15) is 24.6 Å². The number of H-pyrrole nitrogens is 1. The SMILES string of the molecule is O=C1CN(c2cncc(C(F)(F)F)c2)C(O)N1C1CCC(Oc2ncnc3[nH]ccc23)CC1. The number of hydrogen-bond acceptors (Lipinski definition) is 7. The van der Waals surface area contributed by atoms with Gasteiger partial charge in [-0.05, 0) is 37.8 Å². The van der Waals surface area contributed by atoms with Crippen molar-refractivity contribution in [3.8, 4) is 5.88 Å². The van der Waals surface area contributed by atoms with E-state index in [4.69, 9.17) is 4.74 Å². The molecule has 1 saturated carbocycles. The van der Waals surface area contributed by atoms with Gasteiger partial charge >= 0.3 is 6.18 Å². The first-order valence-electron chi connectivity index (χ1n) is 10.5. The molecule has 1 saturated heterocycles. The number of nitrogens with zero attached hydrogens (tertiary/aromatic N) is 5. The fourth-order valence-corrected chi connectivity index (χ4v) is 4.49. The van der Waals surface area contributed by atoms with Gasteiger partial charge < -0.3 is 19.7 Å². The zero-order chi connectivity index (χ0) is 23.2. The topological polar surface area (TPSA) is 107 Å². The highest BCUT2D eigenvalue weighted by atomic mass is 19.4. The number of carbonyl (C=O) groups is 1. The van der Waals surface area contributed by atoms with Crippen molar-refractivity contribution in [2.45, 2.75) is 50.4 Å². The standard InChI is InChI=1S/C21H21F3N6O3/c22-21(23,24)12-7-14(9-25-8-12)29-10-17(31)30(20(29)32)13-1-3-15(4-2-13)33-19-16-5-6-26-18(16)27-11-28-19/h5-9,11,13,15,20,32H,1-4,10H2,(H,26,27,28). The van der Waals surface area contributed by atoms with Crippen LogP contribution >= 0.6 is 0 Å². The number of halogens is 3. The molecule has 1 aliphatic carbocycles. The van der Waals surface area contributed by atoms with Crippen LogP contribution in [0, 0.1) is 0 Å². The molecule has 174 valence electrons. The number of carbonyl (C=O) groups excluding carboxylic acids is 1. The molecule has 33 heavy (non-hydrogen) atoms. The number of alkyl halides is 3. The normalized spacial score (nSPS) is 24.0. The van der Waals surface area contributed by atoms with Gasteiger partial charge in [0.15, 0.2) is 0 Å². The van der Waals surface area contributed by atoms with Gasteiger partial charge in [0.05, 0.1) is 22.8 Å². The van der Waals surface area contributed by atoms with Crippen molar-refractivity contribution in [3.63, 3.8) is 0 Å². The summed E-state index contributed by atoms with van der Waals surface area (Å²) in [5, 5.41) is 11.6. The third kappa shape index (κ3) is 4.06. The summed E-state index contributed by atoms with van der Waals surface area (Å²) in [7, 11) is 0. The molecule has 0 bridgehead atoms. The van der Waals surface area contributed by atoms with Gasteiger partial charge in [-0.3, -0.25) is 14.7 Å². The number of nitrogens with one attached hydrogen (secondary N) is 1. The van der Waals surface area contributed by atoms with Crippen LogP contribution in [0.4, 0.5) is 18.9 Å². The average molecular weight is 462 g/mol. The van der Waals surface area contributed by atoms with Crippen molar-refractivity contribution >= 4 is 22.6 Å². The van der Waals surface area contributed by atoms with Crippen molar-refractivity contribution in [2.24, 2.45) is 0 Å². The molecule has 2 fully saturated rings. The van der Waals surface area contributed by atoms with Crippen LogP contribution < -0.4 is 9.64 Å². The number of aromatic nitrogens is 4. The summed E-state index contributed by atoms with van der Waals surface area (Å²) < 4.78 is 45.2. The Kier molecular flexibility index (Phi) is 5.31. The molecule has 4 heterocycles. The Hall–Kier alpha value is -3.41. The second kappa shape index (κ2) is 8.18. The first-order valence-corrected chi connectivity index (χ1v) is 10.5. The molecule has 0 radical (unpaired) electrons. The predicted molar refractivity (Wildman–Crippen MR) is 110 cm³/mol. The maximum Gasteiger partial charge on any atom is 0.417 e. The third-order valence-corrected chi connectivity index (χ3v) is 6.14. The molecule has 2 aliphatic rings. The number of aromatic amines is 1. The number of rotatable bonds is 4. The smallest absolute Gasteiger partial charge is 0.417 e. The lowest BCUT2D eigenvalue weighted by atomic mass is 9.92. The Balaban J connectivity index is 1.25. The summed E-state index contributed by atoms with van der Waals surface area (Å²) in [5.74, 6) is 0.152. The Morgan fingerprint density at radius 1 is 1.15 bits per heavy atom. The van der Waals surface area contributed by atoms with E-state index in [1.54, 1.807) is 6.20 Å². The second-order valence-corrected chi connectivity index (χ2v) is 8.17. The van der Waals surface area contributed by atoms with Crippen LogP contribution in [0.25, 0.3) is 11.0 Å². The summed E-state index contributed by atoms with van der Waals surface area (Å²) >= 11 is 0. The van der Waals surface area contributed by atoms with Crippen LogP contribution in [0.1, 0.15) is 31.2 Å². The van der Waals surface area contributed by atoms with Crippen molar-refractivity contribution in [1.29, 1.82) is 0 Å². The van der Waals surface area contributed by atoms with Gasteiger partial charge in [0.2, 0.25) is 18.1 Å². The van der Waals surface area contributed by atoms with Crippen LogP contribution in [0.2, 0.25) is 0 Å². The summed E-state index contributed by atoms with van der Waals surface area (Å²) in [6.45, 7) is -0.215. The monoisotopic (exact) mass is 462 g/mol. The summed E-state index contributed by atoms with van der Waals surface area (Å²) in [4.78, 5) is 30.2. The van der Waals surface area contributed by atoms with Crippen LogP contribution in [-0.2, 0) is 11.0 Å². The number of hydrogen-bond donors (Lipinski definition) is 2. The van der Waals surface area contributed by atoms with Gasteiger partial charge in [-0.15, -0.1) is 0 Å². The Labute approximate surface area is 186 Å². The number of fused-ring (bicyclic) bond motifs is 1. The minimum atomic E-state index is -4.56. The lowest BCUT2D eigenvalue weighted by molar-refractivity contribution is -0.138. The molecule has 0 spiro atoms. The summed E-state index contributed by atoms with van der Waals surface area (Å²) in [5.41, 5.74) is -0.204. The van der Waals surface area contributed by atoms with E-state index in [-0.39, 0.29) is 30.3 Å². The lowest BCUT2D eigenvalue weighted by Crippen LogP contribution is -2.48. The Bertz CT molecular complexity index is 1160. The minimum absolute atomic E-state index is 0.0458. The van der Waals surface area contributed by atoms with Crippen molar-refractivity contribution in [3.05, 3.63) is 42.6 Å². The van der Waals surface area contributed by atoms with E-state index in [0.29, 0.717) is 43.4 Å². The molecule has 12 heteroatoms. The van der Waals surface area contributed by atoms with Crippen LogP contribution in [-0.4, -0.2) is 60.9 Å². The molecular weight excluding hydrogens is 441 g/mol. The highest BCUT2D eigenvalue weighted by Crippen LogP contribution is 2.35. The second-order valence-electron chi connectivity index (χ2n) is 8.17. The number of aliphatic hydroxyl groups is 1. The quantitative estimate of drug-likeness (QED) is 0.614. The predicted octanol–water partition coefficient (Wildman–Crippen LogP) is 2.69. The van der Waals surface area contributed by atoms with Crippen LogP contribution in [0.5, 0.6) is 5.88 Å². The fourth-order valence-electron chi connectivity index (χ4n) is 4.49. The largest absolute Gasteiger partial charge is 0.474 e. The summed E-state index contributed by atoms with van der Waals surface area (Å²) in [6, 6.07) is 2.49. The zero-order valence-electron chi connectivity index (χ0n) is 17.4. The minimum Gasteiger partial charge on any atom is -0.474 e. The highest BCUT2D eigenvalue weighted by Gasteiger charge is 2.43. The number of amides is 1. The van der Waals surface area contributed by atoms with Crippen molar-refractivity contribution in [2.75, 3.05) is 11.4 Å². The molecule has 3 aromatic heterocycles. The number of aliphatic hydroxyl groups excluding tert-OH is 1. The number of ether oxygens (including phenoxy) is 1. The van der Waals surface area contributed by atoms with Crippen LogP contribution in [0.3, 0.4) is 0 Å². The van der Waals surface area contributed by atoms with E-state index in [1.165, 1.54) is 22.3 Å². The third-order valence-electron chi connectivity index (χ3n) is 6.14. The highest BCUT2D eigenvalue weighted by molar-refractivity contribution is 5.85. The van der Waals surface area contributed by atoms with E-state index in [2.05, 4.69) is 19.9 Å². The fraction of sp³-hybridized carbons (Fsp3) is 0.429. The zero-order valence-corrected chi connectivity index (χ0v) is 17.4. The Morgan fingerprint density at radius 3 is 2.70 bits per heavy atom. The molecule has 0 aromatic carbocycles. The molecule has 1 unspecified atom stereocenters. The molecule has 5 rings (SSSR count). The van der Waals surface area contributed by atoms with Gasteiger partial charge in [0, 0.05) is 18.4 Å². The molecule has 1 atom stereocenters. The van der Waals surface area contributed by atoms with E-state index in [1.807, 2.05) is 6.07 Å². The van der Waals surface area contributed by atoms with E-state index in [0.717, 1.165) is 11.5 Å². The molecule has 1 aliphatic heterocycles. The average Bonchev–Trinajstić information content (AvgIpc) is 3.39. The molecule has 2 N–H and O–H groups in total. The van der Waals surface area contributed by atoms with Crippen LogP contribution in [0.15, 0.2) is 37.1 Å². The van der Waals surface area contributed by atoms with Crippen molar-refractivity contribution in [1.82, 2.24) is 24.8 Å². The maximum atomic E-state index is 13.0. The number of anilines is 1. The van der Waals surface area contributed by atoms with Gasteiger partial charge in [-0.1, -0.05) is 0 Å². The molecule has 9 nitrogen and oxygen atoms in total. The van der Waals surface area contributed by atoms with Gasteiger partial charge in [-0.2, -0.15) is 13.2 Å². The Morgan fingerprint density at radius 2 is 1.94 bits per heavy atom. The maximum absolute atomic E-state index is 13.0. The van der Waals surface area contributed by atoms with E-state index < -0.39 is 18.1 Å².